The highest BCUT2D eigenvalue weighted by atomic mass is 32.2. The van der Waals surface area contributed by atoms with Crippen molar-refractivity contribution in [1.29, 1.82) is 0 Å². The van der Waals surface area contributed by atoms with Gasteiger partial charge in [0.05, 0.1) is 12.3 Å². The summed E-state index contributed by atoms with van der Waals surface area (Å²) in [5, 5.41) is 0. The average molecular weight is 536 g/mol. The smallest absolute Gasteiger partial charge is 0.238 e. The first kappa shape index (κ1) is 31.3. The first-order valence-electron chi connectivity index (χ1n) is 14.2. The Kier molecular flexibility index (Phi) is 13.1. The van der Waals surface area contributed by atoms with Crippen LogP contribution < -0.4 is 0 Å². The Hall–Kier alpha value is -1.93. The number of benzene rings is 1. The second-order valence-electron chi connectivity index (χ2n) is 10.9. The van der Waals surface area contributed by atoms with E-state index < -0.39 is 10.0 Å². The van der Waals surface area contributed by atoms with Gasteiger partial charge in [-0.1, -0.05) is 76.3 Å². The number of carbonyl (C=O) groups excluding carboxylic acids is 2. The molecule has 210 valence electrons. The molecule has 0 bridgehead atoms. The largest absolute Gasteiger partial charge is 0.343 e. The SMILES string of the molecule is CCCCCCCC(=O)N1CCC(N(Cc2ccc(C)cc2)C(=O)CN(CC(C)C)S(=O)(=O)CC)CC1. The number of hydrogen-bond donors (Lipinski definition) is 0. The van der Waals surface area contributed by atoms with E-state index >= 15 is 0 Å². The summed E-state index contributed by atoms with van der Waals surface area (Å²) in [6.45, 7) is 11.7. The molecule has 2 amide bonds. The van der Waals surface area contributed by atoms with Crippen molar-refractivity contribution in [2.24, 2.45) is 5.92 Å². The molecule has 0 saturated carbocycles. The van der Waals surface area contributed by atoms with Crippen LogP contribution in [0.15, 0.2) is 24.3 Å². The summed E-state index contributed by atoms with van der Waals surface area (Å²) < 4.78 is 26.8. The van der Waals surface area contributed by atoms with Gasteiger partial charge >= 0.3 is 0 Å². The zero-order chi connectivity index (χ0) is 27.4. The lowest BCUT2D eigenvalue weighted by Crippen LogP contribution is -2.51. The van der Waals surface area contributed by atoms with Crippen LogP contribution in [0.1, 0.15) is 90.2 Å². The predicted octanol–water partition coefficient (Wildman–Crippen LogP) is 4.98. The van der Waals surface area contributed by atoms with Gasteiger partial charge in [-0.15, -0.1) is 0 Å². The lowest BCUT2D eigenvalue weighted by molar-refractivity contribution is -0.137. The minimum absolute atomic E-state index is 0.0207. The van der Waals surface area contributed by atoms with Crippen molar-refractivity contribution in [2.45, 2.75) is 98.6 Å². The van der Waals surface area contributed by atoms with Crippen LogP contribution in [0.2, 0.25) is 0 Å². The third-order valence-electron chi connectivity index (χ3n) is 7.18. The Morgan fingerprint density at radius 2 is 1.62 bits per heavy atom. The van der Waals surface area contributed by atoms with Crippen molar-refractivity contribution in [3.8, 4) is 0 Å². The molecule has 0 aliphatic carbocycles. The van der Waals surface area contributed by atoms with Crippen molar-refractivity contribution >= 4 is 21.8 Å². The standard InChI is InChI=1S/C29H49N3O4S/c1-6-8-9-10-11-12-28(33)30-19-17-27(18-20-30)32(22-26-15-13-25(5)14-16-26)29(34)23-31(21-24(3)4)37(35,36)7-2/h13-16,24,27H,6-12,17-23H2,1-5H3. The molecule has 2 rings (SSSR count). The summed E-state index contributed by atoms with van der Waals surface area (Å²) in [6, 6.07) is 8.11. The van der Waals surface area contributed by atoms with Crippen molar-refractivity contribution in [3.63, 3.8) is 0 Å². The molecule has 1 aliphatic heterocycles. The van der Waals surface area contributed by atoms with E-state index in [1.165, 1.54) is 23.6 Å². The highest BCUT2D eigenvalue weighted by Gasteiger charge is 2.32. The zero-order valence-electron chi connectivity index (χ0n) is 23.7. The summed E-state index contributed by atoms with van der Waals surface area (Å²) in [5.74, 6) is 0.141. The number of hydrogen-bond acceptors (Lipinski definition) is 4. The predicted molar refractivity (Wildman–Crippen MR) is 151 cm³/mol. The van der Waals surface area contributed by atoms with Crippen LogP contribution in [0, 0.1) is 12.8 Å². The minimum atomic E-state index is -3.50. The van der Waals surface area contributed by atoms with Gasteiger partial charge < -0.3 is 9.80 Å². The molecule has 1 fully saturated rings. The fraction of sp³-hybridized carbons (Fsp3) is 0.724. The summed E-state index contributed by atoms with van der Waals surface area (Å²) in [4.78, 5) is 30.2. The zero-order valence-corrected chi connectivity index (χ0v) is 24.6. The van der Waals surface area contributed by atoms with Crippen molar-refractivity contribution in [1.82, 2.24) is 14.1 Å². The molecule has 1 aromatic rings. The molecule has 0 N–H and O–H groups in total. The van der Waals surface area contributed by atoms with Crippen molar-refractivity contribution in [2.75, 3.05) is 31.9 Å². The van der Waals surface area contributed by atoms with Gasteiger partial charge in [-0.3, -0.25) is 9.59 Å². The average Bonchev–Trinajstić information content (AvgIpc) is 2.87. The molecule has 1 heterocycles. The molecule has 1 aromatic carbocycles. The van der Waals surface area contributed by atoms with Gasteiger partial charge in [-0.05, 0) is 44.6 Å². The Morgan fingerprint density at radius 3 is 2.19 bits per heavy atom. The van der Waals surface area contributed by atoms with E-state index in [0.717, 1.165) is 24.0 Å². The number of likely N-dealkylation sites (tertiary alicyclic amines) is 1. The summed E-state index contributed by atoms with van der Waals surface area (Å²) in [6.07, 6.45) is 7.66. The topological polar surface area (TPSA) is 78.0 Å². The molecule has 0 unspecified atom stereocenters. The van der Waals surface area contributed by atoms with Crippen molar-refractivity contribution < 1.29 is 18.0 Å². The third kappa shape index (κ3) is 10.4. The van der Waals surface area contributed by atoms with E-state index in [9.17, 15) is 18.0 Å². The number of sulfonamides is 1. The maximum absolute atomic E-state index is 13.7. The fourth-order valence-corrected chi connectivity index (χ4v) is 6.08. The van der Waals surface area contributed by atoms with Crippen LogP contribution in [0.25, 0.3) is 0 Å². The molecule has 1 saturated heterocycles. The van der Waals surface area contributed by atoms with Gasteiger partial charge in [-0.2, -0.15) is 4.31 Å². The van der Waals surface area contributed by atoms with Crippen LogP contribution in [0.5, 0.6) is 0 Å². The minimum Gasteiger partial charge on any atom is -0.343 e. The molecular formula is C29H49N3O4S. The highest BCUT2D eigenvalue weighted by molar-refractivity contribution is 7.89. The lowest BCUT2D eigenvalue weighted by atomic mass is 10.0. The van der Waals surface area contributed by atoms with E-state index in [0.29, 0.717) is 45.4 Å². The normalized spacial score (nSPS) is 14.9. The van der Waals surface area contributed by atoms with Crippen LogP contribution >= 0.6 is 0 Å². The fourth-order valence-electron chi connectivity index (χ4n) is 4.88. The van der Waals surface area contributed by atoms with Crippen LogP contribution in [0.4, 0.5) is 0 Å². The molecular weight excluding hydrogens is 486 g/mol. The van der Waals surface area contributed by atoms with Gasteiger partial charge in [0.1, 0.15) is 0 Å². The number of aryl methyl sites for hydroxylation is 1. The molecule has 37 heavy (non-hydrogen) atoms. The Morgan fingerprint density at radius 1 is 1.00 bits per heavy atom. The first-order valence-corrected chi connectivity index (χ1v) is 15.8. The number of piperidine rings is 1. The first-order chi connectivity index (χ1) is 17.6. The molecule has 8 heteroatoms. The molecule has 0 aromatic heterocycles. The molecule has 1 aliphatic rings. The highest BCUT2D eigenvalue weighted by Crippen LogP contribution is 2.22. The maximum atomic E-state index is 13.7. The lowest BCUT2D eigenvalue weighted by Gasteiger charge is -2.39. The van der Waals surface area contributed by atoms with E-state index in [4.69, 9.17) is 0 Å². The second kappa shape index (κ2) is 15.5. The summed E-state index contributed by atoms with van der Waals surface area (Å²) in [7, 11) is -3.50. The third-order valence-corrected chi connectivity index (χ3v) is 8.98. The van der Waals surface area contributed by atoms with Crippen LogP contribution in [-0.4, -0.2) is 72.3 Å². The Balaban J connectivity index is 2.10. The number of unbranched alkanes of at least 4 members (excludes halogenated alkanes) is 4. The number of amides is 2. The van der Waals surface area contributed by atoms with E-state index in [1.54, 1.807) is 6.92 Å². The van der Waals surface area contributed by atoms with Gasteiger partial charge in [0.25, 0.3) is 0 Å². The molecule has 0 atom stereocenters. The van der Waals surface area contributed by atoms with E-state index in [2.05, 4.69) is 6.92 Å². The van der Waals surface area contributed by atoms with E-state index in [1.807, 2.05) is 54.8 Å². The molecule has 0 spiro atoms. The van der Waals surface area contributed by atoms with Crippen LogP contribution in [-0.2, 0) is 26.2 Å². The maximum Gasteiger partial charge on any atom is 0.238 e. The summed E-state index contributed by atoms with van der Waals surface area (Å²) in [5.41, 5.74) is 2.18. The Labute approximate surface area is 225 Å². The second-order valence-corrected chi connectivity index (χ2v) is 13.1. The Bertz CT molecular complexity index is 938. The van der Waals surface area contributed by atoms with E-state index in [-0.39, 0.29) is 36.1 Å². The monoisotopic (exact) mass is 535 g/mol. The van der Waals surface area contributed by atoms with Gasteiger partial charge in [-0.25, -0.2) is 8.42 Å². The van der Waals surface area contributed by atoms with Gasteiger partial charge in [0, 0.05) is 38.6 Å². The molecule has 7 nitrogen and oxygen atoms in total. The number of rotatable bonds is 15. The van der Waals surface area contributed by atoms with Crippen LogP contribution in [0.3, 0.4) is 0 Å². The quantitative estimate of drug-likeness (QED) is 0.297. The van der Waals surface area contributed by atoms with Crippen molar-refractivity contribution in [3.05, 3.63) is 35.4 Å². The van der Waals surface area contributed by atoms with Gasteiger partial charge in [0.15, 0.2) is 0 Å². The number of carbonyl (C=O) groups is 2. The summed E-state index contributed by atoms with van der Waals surface area (Å²) >= 11 is 0. The van der Waals surface area contributed by atoms with Gasteiger partial charge in [0.2, 0.25) is 21.8 Å². The number of nitrogens with zero attached hydrogens (tertiary/aromatic N) is 3. The molecule has 0 radical (unpaired) electrons.